The van der Waals surface area contributed by atoms with Crippen molar-refractivity contribution in [3.05, 3.63) is 41.4 Å². The molecule has 0 spiro atoms. The number of amides is 1. The number of rotatable bonds is 7. The van der Waals surface area contributed by atoms with Crippen LogP contribution in [0.1, 0.15) is 25.8 Å². The molecule has 186 valence electrons. The average molecular weight is 515 g/mol. The van der Waals surface area contributed by atoms with E-state index in [0.717, 1.165) is 6.07 Å². The number of benzene rings is 1. The Morgan fingerprint density at radius 3 is 2.77 bits per heavy atom. The molecular formula is C20H18ClF3N6O5. The first-order chi connectivity index (χ1) is 16.5. The monoisotopic (exact) mass is 514 g/mol. The first kappa shape index (κ1) is 24.5. The van der Waals surface area contributed by atoms with E-state index in [0.29, 0.717) is 0 Å². The van der Waals surface area contributed by atoms with Crippen molar-refractivity contribution in [3.8, 4) is 17.1 Å². The van der Waals surface area contributed by atoms with Gasteiger partial charge in [0.25, 0.3) is 0 Å². The van der Waals surface area contributed by atoms with Crippen LogP contribution in [0.2, 0.25) is 5.02 Å². The molecule has 1 aliphatic heterocycles. The average Bonchev–Trinajstić information content (AvgIpc) is 3.42. The molecule has 0 unspecified atom stereocenters. The standard InChI is InChI=1S/C20H18ClF3N6O5/c1-9(26-18-25-6-5-15(27-18)30-13(10(2)31)8-33-19(30)32)17-28-16(29-35-17)11-3-4-12(21)14(7-11)34-20(22,23)24/h3-7,9-10,13,31H,8H2,1-2H3,(H,25,26,27)/t9-,10-,13-/m1/s1. The van der Waals surface area contributed by atoms with E-state index < -0.39 is 36.4 Å². The van der Waals surface area contributed by atoms with Gasteiger partial charge in [-0.15, -0.1) is 13.2 Å². The summed E-state index contributed by atoms with van der Waals surface area (Å²) in [6, 6.07) is 3.94. The first-order valence-corrected chi connectivity index (χ1v) is 10.5. The number of carbonyl (C=O) groups excluding carboxylic acids is 1. The highest BCUT2D eigenvalue weighted by atomic mass is 35.5. The van der Waals surface area contributed by atoms with E-state index in [2.05, 4.69) is 30.2 Å². The molecule has 3 heterocycles. The Balaban J connectivity index is 1.50. The van der Waals surface area contributed by atoms with Crippen LogP contribution in [0.4, 0.5) is 29.7 Å². The van der Waals surface area contributed by atoms with Crippen LogP contribution in [0.15, 0.2) is 35.0 Å². The van der Waals surface area contributed by atoms with Gasteiger partial charge in [0.1, 0.15) is 30.3 Å². The van der Waals surface area contributed by atoms with Crippen molar-refractivity contribution in [1.82, 2.24) is 20.1 Å². The number of ether oxygens (including phenoxy) is 2. The number of carbonyl (C=O) groups is 1. The molecular weight excluding hydrogens is 497 g/mol. The highest BCUT2D eigenvalue weighted by Crippen LogP contribution is 2.34. The van der Waals surface area contributed by atoms with E-state index >= 15 is 0 Å². The summed E-state index contributed by atoms with van der Waals surface area (Å²) in [6.07, 6.45) is -5.00. The van der Waals surface area contributed by atoms with Crippen molar-refractivity contribution in [2.45, 2.75) is 38.4 Å². The molecule has 3 aromatic rings. The second kappa shape index (κ2) is 9.54. The molecule has 2 aromatic heterocycles. The Labute approximate surface area is 200 Å². The van der Waals surface area contributed by atoms with Gasteiger partial charge in [0.15, 0.2) is 0 Å². The molecule has 11 nitrogen and oxygen atoms in total. The zero-order valence-electron chi connectivity index (χ0n) is 18.2. The van der Waals surface area contributed by atoms with Gasteiger partial charge in [-0.05, 0) is 38.1 Å². The number of aliphatic hydroxyl groups is 1. The Kier molecular flexibility index (Phi) is 6.67. The van der Waals surface area contributed by atoms with E-state index in [1.54, 1.807) is 6.92 Å². The van der Waals surface area contributed by atoms with Gasteiger partial charge in [-0.2, -0.15) is 9.97 Å². The Morgan fingerprint density at radius 2 is 2.06 bits per heavy atom. The lowest BCUT2D eigenvalue weighted by Gasteiger charge is -2.22. The number of alkyl halides is 3. The minimum Gasteiger partial charge on any atom is -0.447 e. The van der Waals surface area contributed by atoms with Crippen LogP contribution in [0.25, 0.3) is 11.4 Å². The van der Waals surface area contributed by atoms with Gasteiger partial charge < -0.3 is 24.4 Å². The predicted octanol–water partition coefficient (Wildman–Crippen LogP) is 3.96. The van der Waals surface area contributed by atoms with Gasteiger partial charge >= 0.3 is 12.5 Å². The van der Waals surface area contributed by atoms with Crippen LogP contribution in [0.5, 0.6) is 5.75 Å². The van der Waals surface area contributed by atoms with Crippen molar-refractivity contribution in [2.75, 3.05) is 16.8 Å². The molecule has 1 aliphatic rings. The smallest absolute Gasteiger partial charge is 0.447 e. The molecule has 1 aromatic carbocycles. The van der Waals surface area contributed by atoms with E-state index in [4.69, 9.17) is 20.9 Å². The summed E-state index contributed by atoms with van der Waals surface area (Å²) in [5.41, 5.74) is 0.186. The molecule has 1 saturated heterocycles. The maximum absolute atomic E-state index is 12.6. The minimum atomic E-state index is -4.92. The summed E-state index contributed by atoms with van der Waals surface area (Å²) < 4.78 is 51.9. The van der Waals surface area contributed by atoms with Crippen LogP contribution < -0.4 is 15.0 Å². The lowest BCUT2D eigenvalue weighted by molar-refractivity contribution is -0.274. The first-order valence-electron chi connectivity index (χ1n) is 10.1. The molecule has 35 heavy (non-hydrogen) atoms. The predicted molar refractivity (Wildman–Crippen MR) is 115 cm³/mol. The van der Waals surface area contributed by atoms with Crippen molar-refractivity contribution >= 4 is 29.5 Å². The summed E-state index contributed by atoms with van der Waals surface area (Å²) in [5.74, 6) is -0.176. The number of halogens is 4. The largest absolute Gasteiger partial charge is 0.573 e. The van der Waals surface area contributed by atoms with Crippen LogP contribution in [0, 0.1) is 0 Å². The maximum Gasteiger partial charge on any atom is 0.573 e. The zero-order chi connectivity index (χ0) is 25.3. The number of anilines is 2. The highest BCUT2D eigenvalue weighted by molar-refractivity contribution is 6.32. The quantitative estimate of drug-likeness (QED) is 0.476. The molecule has 0 radical (unpaired) electrons. The normalized spacial score (nSPS) is 17.7. The van der Waals surface area contributed by atoms with Crippen LogP contribution in [-0.2, 0) is 4.74 Å². The Morgan fingerprint density at radius 1 is 1.29 bits per heavy atom. The SMILES string of the molecule is C[C@@H](Nc1nccc(N2C(=O)OC[C@@H]2[C@@H](C)O)n1)c1nc(-c2ccc(Cl)c(OC(F)(F)F)c2)no1. The number of hydrogen-bond donors (Lipinski definition) is 2. The van der Waals surface area contributed by atoms with Crippen molar-refractivity contribution in [3.63, 3.8) is 0 Å². The molecule has 1 fully saturated rings. The number of aliphatic hydroxyl groups excluding tert-OH is 1. The summed E-state index contributed by atoms with van der Waals surface area (Å²) in [4.78, 5) is 25.9. The molecule has 0 bridgehead atoms. The highest BCUT2D eigenvalue weighted by Gasteiger charge is 2.38. The van der Waals surface area contributed by atoms with Gasteiger partial charge in [0.05, 0.1) is 11.1 Å². The van der Waals surface area contributed by atoms with E-state index in [1.165, 1.54) is 36.2 Å². The molecule has 1 amide bonds. The van der Waals surface area contributed by atoms with Gasteiger partial charge in [-0.25, -0.2) is 9.78 Å². The van der Waals surface area contributed by atoms with Gasteiger partial charge in [-0.3, -0.25) is 4.90 Å². The topological polar surface area (TPSA) is 136 Å². The summed E-state index contributed by atoms with van der Waals surface area (Å²) >= 11 is 5.77. The van der Waals surface area contributed by atoms with Crippen molar-refractivity contribution in [1.29, 1.82) is 0 Å². The summed E-state index contributed by atoms with van der Waals surface area (Å²) in [7, 11) is 0. The molecule has 3 atom stereocenters. The van der Waals surface area contributed by atoms with Gasteiger partial charge in [0.2, 0.25) is 17.7 Å². The number of nitrogens with zero attached hydrogens (tertiary/aromatic N) is 5. The van der Waals surface area contributed by atoms with Crippen LogP contribution in [-0.4, -0.2) is 56.4 Å². The second-order valence-corrected chi connectivity index (χ2v) is 7.92. The number of nitrogens with one attached hydrogen (secondary N) is 1. The van der Waals surface area contributed by atoms with Crippen LogP contribution >= 0.6 is 11.6 Å². The fraction of sp³-hybridized carbons (Fsp3) is 0.350. The summed E-state index contributed by atoms with van der Waals surface area (Å²) in [5, 5.41) is 16.4. The fourth-order valence-electron chi connectivity index (χ4n) is 3.24. The van der Waals surface area contributed by atoms with E-state index in [1.807, 2.05) is 0 Å². The zero-order valence-corrected chi connectivity index (χ0v) is 18.9. The molecule has 2 N–H and O–H groups in total. The molecule has 0 aliphatic carbocycles. The third-order valence-electron chi connectivity index (χ3n) is 4.92. The maximum atomic E-state index is 12.6. The molecule has 15 heteroatoms. The van der Waals surface area contributed by atoms with E-state index in [-0.39, 0.29) is 40.7 Å². The fourth-order valence-corrected chi connectivity index (χ4v) is 3.39. The Bertz CT molecular complexity index is 1220. The minimum absolute atomic E-state index is 0.00611. The van der Waals surface area contributed by atoms with Crippen LogP contribution in [0.3, 0.4) is 0 Å². The van der Waals surface area contributed by atoms with E-state index in [9.17, 15) is 23.1 Å². The summed E-state index contributed by atoms with van der Waals surface area (Å²) in [6.45, 7) is 3.22. The number of hydrogen-bond acceptors (Lipinski definition) is 10. The lowest BCUT2D eigenvalue weighted by Crippen LogP contribution is -2.41. The van der Waals surface area contributed by atoms with Gasteiger partial charge in [0, 0.05) is 11.8 Å². The molecule has 0 saturated carbocycles. The molecule has 4 rings (SSSR count). The second-order valence-electron chi connectivity index (χ2n) is 7.51. The lowest BCUT2D eigenvalue weighted by atomic mass is 10.2. The van der Waals surface area contributed by atoms with Gasteiger partial charge in [-0.1, -0.05) is 16.8 Å². The number of aromatic nitrogens is 4. The van der Waals surface area contributed by atoms with Crippen molar-refractivity contribution < 1.29 is 37.1 Å². The third kappa shape index (κ3) is 5.54. The third-order valence-corrected chi connectivity index (χ3v) is 5.24. The Hall–Kier alpha value is -3.65. The van der Waals surface area contributed by atoms with Crippen molar-refractivity contribution in [2.24, 2.45) is 0 Å². The number of cyclic esters (lactones) is 1.